The first-order valence-corrected chi connectivity index (χ1v) is 9.06. The second-order valence-electron chi connectivity index (χ2n) is 6.72. The number of ether oxygens (including phenoxy) is 1. The molecule has 7 heteroatoms. The van der Waals surface area contributed by atoms with Crippen molar-refractivity contribution in [2.75, 3.05) is 6.61 Å². The van der Waals surface area contributed by atoms with Gasteiger partial charge in [0.05, 0.1) is 6.04 Å². The van der Waals surface area contributed by atoms with Gasteiger partial charge in [0.25, 0.3) is 5.91 Å². The van der Waals surface area contributed by atoms with Gasteiger partial charge in [0.15, 0.2) is 18.0 Å². The quantitative estimate of drug-likeness (QED) is 0.497. The van der Waals surface area contributed by atoms with Gasteiger partial charge < -0.3 is 18.9 Å². The largest absolute Gasteiger partial charge is 0.459 e. The van der Waals surface area contributed by atoms with Crippen molar-refractivity contribution in [3.05, 3.63) is 71.4 Å². The zero-order valence-corrected chi connectivity index (χ0v) is 15.8. The van der Waals surface area contributed by atoms with Crippen LogP contribution in [0.4, 0.5) is 4.39 Å². The number of benzene rings is 2. The fourth-order valence-corrected chi connectivity index (χ4v) is 3.17. The lowest BCUT2D eigenvalue weighted by atomic mass is 10.1. The number of esters is 1. The molecule has 1 amide bonds. The summed E-state index contributed by atoms with van der Waals surface area (Å²) in [7, 11) is 0. The van der Waals surface area contributed by atoms with E-state index in [1.807, 2.05) is 30.3 Å². The number of hydrogen-bond donors (Lipinski definition) is 1. The average Bonchev–Trinajstić information content (AvgIpc) is 3.29. The first-order valence-electron chi connectivity index (χ1n) is 9.06. The molecule has 0 bridgehead atoms. The normalized spacial score (nSPS) is 12.2. The van der Waals surface area contributed by atoms with Gasteiger partial charge in [-0.3, -0.25) is 4.79 Å². The van der Waals surface area contributed by atoms with E-state index in [1.165, 1.54) is 12.1 Å². The summed E-state index contributed by atoms with van der Waals surface area (Å²) >= 11 is 0. The summed E-state index contributed by atoms with van der Waals surface area (Å²) in [5.74, 6) is -1.42. The number of aryl methyl sites for hydroxylation is 1. The Morgan fingerprint density at radius 1 is 1.14 bits per heavy atom. The van der Waals surface area contributed by atoms with Crippen LogP contribution in [0.5, 0.6) is 0 Å². The van der Waals surface area contributed by atoms with Crippen molar-refractivity contribution in [3.63, 3.8) is 0 Å². The van der Waals surface area contributed by atoms with E-state index in [9.17, 15) is 14.0 Å². The first-order chi connectivity index (χ1) is 13.9. The van der Waals surface area contributed by atoms with Crippen LogP contribution in [-0.2, 0) is 9.53 Å². The minimum atomic E-state index is -0.829. The van der Waals surface area contributed by atoms with Crippen molar-refractivity contribution in [1.82, 2.24) is 5.32 Å². The zero-order chi connectivity index (χ0) is 20.5. The zero-order valence-electron chi connectivity index (χ0n) is 15.8. The molecule has 0 saturated heterocycles. The summed E-state index contributed by atoms with van der Waals surface area (Å²) in [5, 5.41) is 4.13. The Kier molecular flexibility index (Phi) is 4.80. The summed E-state index contributed by atoms with van der Waals surface area (Å²) in [5.41, 5.74) is 1.17. The molecule has 0 aliphatic rings. The van der Waals surface area contributed by atoms with E-state index < -0.39 is 30.3 Å². The van der Waals surface area contributed by atoms with Crippen LogP contribution in [0.25, 0.3) is 21.9 Å². The molecule has 0 radical (unpaired) electrons. The minimum Gasteiger partial charge on any atom is -0.459 e. The third kappa shape index (κ3) is 3.59. The van der Waals surface area contributed by atoms with E-state index in [1.54, 1.807) is 19.9 Å². The van der Waals surface area contributed by atoms with Crippen LogP contribution in [0.1, 0.15) is 34.8 Å². The standard InChI is InChI=1S/C22H18FNO5/c1-12-15-7-5-8-16(23)21(15)29-20(12)22(26)27-11-19(25)24-13(2)18-10-14-6-3-4-9-17(14)28-18/h3-10,13H,11H2,1-2H3,(H,24,25)/t13-/m0/s1. The topological polar surface area (TPSA) is 81.7 Å². The van der Waals surface area contributed by atoms with Gasteiger partial charge >= 0.3 is 5.97 Å². The van der Waals surface area contributed by atoms with Gasteiger partial charge in [-0.15, -0.1) is 0 Å². The van der Waals surface area contributed by atoms with Gasteiger partial charge in [-0.2, -0.15) is 0 Å². The Labute approximate surface area is 165 Å². The monoisotopic (exact) mass is 395 g/mol. The second kappa shape index (κ2) is 7.43. The van der Waals surface area contributed by atoms with E-state index in [2.05, 4.69) is 5.32 Å². The molecule has 148 valence electrons. The van der Waals surface area contributed by atoms with E-state index >= 15 is 0 Å². The molecule has 2 aromatic carbocycles. The van der Waals surface area contributed by atoms with E-state index in [4.69, 9.17) is 13.6 Å². The molecule has 0 saturated carbocycles. The van der Waals surface area contributed by atoms with Crippen molar-refractivity contribution in [3.8, 4) is 0 Å². The Balaban J connectivity index is 1.39. The molecule has 0 unspecified atom stereocenters. The number of hydrogen-bond acceptors (Lipinski definition) is 5. The molecule has 6 nitrogen and oxygen atoms in total. The SMILES string of the molecule is Cc1c(C(=O)OCC(=O)N[C@@H](C)c2cc3ccccc3o2)oc2c(F)cccc12. The average molecular weight is 395 g/mol. The highest BCUT2D eigenvalue weighted by molar-refractivity contribution is 5.96. The van der Waals surface area contributed by atoms with Gasteiger partial charge in [-0.05, 0) is 32.0 Å². The third-order valence-corrected chi connectivity index (χ3v) is 4.68. The molecule has 2 heterocycles. The molecule has 0 spiro atoms. The number of halogens is 1. The highest BCUT2D eigenvalue weighted by atomic mass is 19.1. The van der Waals surface area contributed by atoms with Crippen molar-refractivity contribution in [1.29, 1.82) is 0 Å². The minimum absolute atomic E-state index is 0.0140. The molecular weight excluding hydrogens is 377 g/mol. The first kappa shape index (κ1) is 18.7. The number of amides is 1. The lowest BCUT2D eigenvalue weighted by Gasteiger charge is -2.11. The van der Waals surface area contributed by atoms with Crippen LogP contribution < -0.4 is 5.32 Å². The molecule has 1 atom stereocenters. The van der Waals surface area contributed by atoms with Gasteiger partial charge in [0.1, 0.15) is 11.3 Å². The molecule has 2 aromatic heterocycles. The molecule has 4 aromatic rings. The Bertz CT molecular complexity index is 1190. The number of carbonyl (C=O) groups is 2. The van der Waals surface area contributed by atoms with Gasteiger partial charge in [0, 0.05) is 16.3 Å². The number of rotatable bonds is 5. The van der Waals surface area contributed by atoms with E-state index in [-0.39, 0.29) is 11.3 Å². The molecule has 0 aliphatic carbocycles. The number of carbonyl (C=O) groups excluding carboxylic acids is 2. The summed E-state index contributed by atoms with van der Waals surface area (Å²) in [6.45, 7) is 2.90. The maximum Gasteiger partial charge on any atom is 0.375 e. The summed E-state index contributed by atoms with van der Waals surface area (Å²) in [4.78, 5) is 24.5. The fraction of sp³-hybridized carbons (Fsp3) is 0.182. The van der Waals surface area contributed by atoms with Crippen LogP contribution in [0.2, 0.25) is 0 Å². The van der Waals surface area contributed by atoms with Gasteiger partial charge in [-0.25, -0.2) is 9.18 Å². The third-order valence-electron chi connectivity index (χ3n) is 4.68. The summed E-state index contributed by atoms with van der Waals surface area (Å²) in [6.07, 6.45) is 0. The molecule has 0 fully saturated rings. The van der Waals surface area contributed by atoms with E-state index in [0.717, 1.165) is 11.0 Å². The molecule has 0 aliphatic heterocycles. The highest BCUT2D eigenvalue weighted by Gasteiger charge is 2.22. The van der Waals surface area contributed by atoms with Crippen LogP contribution in [0.15, 0.2) is 57.4 Å². The Morgan fingerprint density at radius 2 is 1.93 bits per heavy atom. The van der Waals surface area contributed by atoms with Crippen LogP contribution in [0.3, 0.4) is 0 Å². The van der Waals surface area contributed by atoms with Crippen molar-refractivity contribution < 1.29 is 27.6 Å². The van der Waals surface area contributed by atoms with E-state index in [0.29, 0.717) is 16.7 Å². The highest BCUT2D eigenvalue weighted by Crippen LogP contribution is 2.28. The molecule has 1 N–H and O–H groups in total. The lowest BCUT2D eigenvalue weighted by molar-refractivity contribution is -0.125. The predicted octanol–water partition coefficient (Wildman–Crippen LogP) is 4.66. The smallest absolute Gasteiger partial charge is 0.375 e. The fourth-order valence-electron chi connectivity index (χ4n) is 3.17. The van der Waals surface area contributed by atoms with Crippen molar-refractivity contribution in [2.24, 2.45) is 0 Å². The summed E-state index contributed by atoms with van der Waals surface area (Å²) < 4.78 is 29.9. The number of furan rings is 2. The lowest BCUT2D eigenvalue weighted by Crippen LogP contribution is -2.31. The van der Waals surface area contributed by atoms with Crippen LogP contribution in [-0.4, -0.2) is 18.5 Å². The maximum atomic E-state index is 13.8. The van der Waals surface area contributed by atoms with Gasteiger partial charge in [0.2, 0.25) is 5.76 Å². The predicted molar refractivity (Wildman–Crippen MR) is 104 cm³/mol. The number of nitrogens with one attached hydrogen (secondary N) is 1. The molecular formula is C22H18FNO5. The van der Waals surface area contributed by atoms with Crippen molar-refractivity contribution in [2.45, 2.75) is 19.9 Å². The number of para-hydroxylation sites is 2. The molecule has 29 heavy (non-hydrogen) atoms. The Hall–Kier alpha value is -3.61. The van der Waals surface area contributed by atoms with Crippen LogP contribution in [0, 0.1) is 12.7 Å². The van der Waals surface area contributed by atoms with Crippen LogP contribution >= 0.6 is 0 Å². The second-order valence-corrected chi connectivity index (χ2v) is 6.72. The Morgan fingerprint density at radius 3 is 2.69 bits per heavy atom. The number of fused-ring (bicyclic) bond motifs is 2. The molecule has 4 rings (SSSR count). The maximum absolute atomic E-state index is 13.8. The summed E-state index contributed by atoms with van der Waals surface area (Å²) in [6, 6.07) is 13.4. The van der Waals surface area contributed by atoms with Gasteiger partial charge in [-0.1, -0.05) is 30.3 Å². The van der Waals surface area contributed by atoms with Crippen molar-refractivity contribution >= 4 is 33.8 Å².